The SMILES string of the molecule is CC[C@@H](N)C(=O)Nc1cccnc1Br. The lowest BCUT2D eigenvalue weighted by Gasteiger charge is -2.10. The van der Waals surface area contributed by atoms with E-state index in [9.17, 15) is 4.79 Å². The standard InChI is InChI=1S/C9H12BrN3O/c1-2-6(11)9(14)13-7-4-3-5-12-8(7)10/h3-6H,2,11H2,1H3,(H,13,14)/t6-/m1/s1. The summed E-state index contributed by atoms with van der Waals surface area (Å²) >= 11 is 3.23. The lowest BCUT2D eigenvalue weighted by atomic mass is 10.2. The van der Waals surface area contributed by atoms with Crippen molar-refractivity contribution in [2.45, 2.75) is 19.4 Å². The summed E-state index contributed by atoms with van der Waals surface area (Å²) in [4.78, 5) is 15.4. The molecule has 1 amide bonds. The van der Waals surface area contributed by atoms with Gasteiger partial charge in [-0.2, -0.15) is 0 Å². The molecule has 1 aromatic rings. The van der Waals surface area contributed by atoms with Gasteiger partial charge in [-0.15, -0.1) is 0 Å². The molecule has 1 atom stereocenters. The molecule has 0 spiro atoms. The van der Waals surface area contributed by atoms with Crippen LogP contribution in [-0.4, -0.2) is 16.9 Å². The number of anilines is 1. The first-order valence-electron chi connectivity index (χ1n) is 4.32. The number of hydrogen-bond acceptors (Lipinski definition) is 3. The number of hydrogen-bond donors (Lipinski definition) is 2. The van der Waals surface area contributed by atoms with Gasteiger partial charge < -0.3 is 11.1 Å². The fourth-order valence-corrected chi connectivity index (χ4v) is 1.24. The number of amides is 1. The van der Waals surface area contributed by atoms with E-state index < -0.39 is 6.04 Å². The fraction of sp³-hybridized carbons (Fsp3) is 0.333. The smallest absolute Gasteiger partial charge is 0.241 e. The van der Waals surface area contributed by atoms with Crippen LogP contribution in [0.15, 0.2) is 22.9 Å². The monoisotopic (exact) mass is 257 g/mol. The van der Waals surface area contributed by atoms with Crippen molar-refractivity contribution in [1.29, 1.82) is 0 Å². The van der Waals surface area contributed by atoms with Crippen LogP contribution in [-0.2, 0) is 4.79 Å². The van der Waals surface area contributed by atoms with Crippen LogP contribution in [0.25, 0.3) is 0 Å². The highest BCUT2D eigenvalue weighted by Crippen LogP contribution is 2.18. The number of aromatic nitrogens is 1. The van der Waals surface area contributed by atoms with E-state index in [1.165, 1.54) is 0 Å². The first kappa shape index (κ1) is 11.1. The van der Waals surface area contributed by atoms with E-state index >= 15 is 0 Å². The lowest BCUT2D eigenvalue weighted by molar-refractivity contribution is -0.117. The molecular weight excluding hydrogens is 246 g/mol. The van der Waals surface area contributed by atoms with Crippen molar-refractivity contribution in [2.75, 3.05) is 5.32 Å². The predicted octanol–water partition coefficient (Wildman–Crippen LogP) is 1.52. The minimum Gasteiger partial charge on any atom is -0.322 e. The maximum Gasteiger partial charge on any atom is 0.241 e. The maximum atomic E-state index is 11.4. The van der Waals surface area contributed by atoms with Gasteiger partial charge in [-0.3, -0.25) is 4.79 Å². The molecule has 0 aromatic carbocycles. The normalized spacial score (nSPS) is 12.2. The highest BCUT2D eigenvalue weighted by Gasteiger charge is 2.12. The molecule has 14 heavy (non-hydrogen) atoms. The van der Waals surface area contributed by atoms with Gasteiger partial charge in [0.05, 0.1) is 11.7 Å². The van der Waals surface area contributed by atoms with Crippen LogP contribution in [0.3, 0.4) is 0 Å². The molecule has 76 valence electrons. The third kappa shape index (κ3) is 2.78. The molecule has 0 aliphatic rings. The van der Waals surface area contributed by atoms with Crippen molar-refractivity contribution in [3.8, 4) is 0 Å². The van der Waals surface area contributed by atoms with Crippen molar-refractivity contribution < 1.29 is 4.79 Å². The minimum atomic E-state index is -0.470. The van der Waals surface area contributed by atoms with Gasteiger partial charge in [0, 0.05) is 6.20 Å². The second kappa shape index (κ2) is 5.07. The number of pyridine rings is 1. The summed E-state index contributed by atoms with van der Waals surface area (Å²) in [6.07, 6.45) is 2.25. The second-order valence-electron chi connectivity index (χ2n) is 2.85. The molecule has 0 unspecified atom stereocenters. The number of halogens is 1. The Morgan fingerprint density at radius 3 is 3.07 bits per heavy atom. The molecule has 0 saturated heterocycles. The molecule has 4 nitrogen and oxygen atoms in total. The largest absolute Gasteiger partial charge is 0.322 e. The summed E-state index contributed by atoms with van der Waals surface area (Å²) < 4.78 is 0.608. The Bertz CT molecular complexity index is 330. The number of nitrogens with one attached hydrogen (secondary N) is 1. The molecule has 0 aliphatic heterocycles. The van der Waals surface area contributed by atoms with E-state index in [1.807, 2.05) is 6.92 Å². The zero-order valence-electron chi connectivity index (χ0n) is 7.83. The number of nitrogens with two attached hydrogens (primary N) is 1. The Kier molecular flexibility index (Phi) is 4.03. The molecule has 0 aliphatic carbocycles. The highest BCUT2D eigenvalue weighted by atomic mass is 79.9. The summed E-state index contributed by atoms with van der Waals surface area (Å²) in [6, 6.07) is 3.04. The zero-order valence-corrected chi connectivity index (χ0v) is 9.41. The summed E-state index contributed by atoms with van der Waals surface area (Å²) in [5.41, 5.74) is 6.21. The zero-order chi connectivity index (χ0) is 10.6. The van der Waals surface area contributed by atoms with Gasteiger partial charge in [-0.05, 0) is 34.5 Å². The van der Waals surface area contributed by atoms with Crippen LogP contribution in [0, 0.1) is 0 Å². The van der Waals surface area contributed by atoms with E-state index in [4.69, 9.17) is 5.73 Å². The van der Waals surface area contributed by atoms with Gasteiger partial charge in [0.15, 0.2) is 0 Å². The van der Waals surface area contributed by atoms with Crippen LogP contribution in [0.4, 0.5) is 5.69 Å². The van der Waals surface area contributed by atoms with Crippen LogP contribution >= 0.6 is 15.9 Å². The van der Waals surface area contributed by atoms with E-state index in [0.717, 1.165) is 0 Å². The quantitative estimate of drug-likeness (QED) is 0.807. The molecule has 0 bridgehead atoms. The van der Waals surface area contributed by atoms with Gasteiger partial charge in [0.1, 0.15) is 4.60 Å². The first-order chi connectivity index (χ1) is 6.65. The Morgan fingerprint density at radius 1 is 1.79 bits per heavy atom. The first-order valence-corrected chi connectivity index (χ1v) is 5.11. The van der Waals surface area contributed by atoms with Gasteiger partial charge >= 0.3 is 0 Å². The number of carbonyl (C=O) groups excluding carboxylic acids is 1. The topological polar surface area (TPSA) is 68.0 Å². The summed E-state index contributed by atoms with van der Waals surface area (Å²) in [6.45, 7) is 1.86. The van der Waals surface area contributed by atoms with E-state index in [1.54, 1.807) is 18.3 Å². The molecule has 0 saturated carbocycles. The van der Waals surface area contributed by atoms with Gasteiger partial charge in [-0.25, -0.2) is 4.98 Å². The molecule has 5 heteroatoms. The third-order valence-corrected chi connectivity index (χ3v) is 2.43. The molecule has 0 fully saturated rings. The maximum absolute atomic E-state index is 11.4. The van der Waals surface area contributed by atoms with Crippen molar-refractivity contribution in [1.82, 2.24) is 4.98 Å². The van der Waals surface area contributed by atoms with Crippen molar-refractivity contribution in [3.63, 3.8) is 0 Å². The minimum absolute atomic E-state index is 0.193. The molecule has 1 rings (SSSR count). The highest BCUT2D eigenvalue weighted by molar-refractivity contribution is 9.10. The van der Waals surface area contributed by atoms with Crippen molar-refractivity contribution in [2.24, 2.45) is 5.73 Å². The molecule has 3 N–H and O–H groups in total. The summed E-state index contributed by atoms with van der Waals surface area (Å²) in [5, 5.41) is 2.69. The molecule has 1 aromatic heterocycles. The molecule has 0 radical (unpaired) electrons. The van der Waals surface area contributed by atoms with Crippen LogP contribution in [0.5, 0.6) is 0 Å². The van der Waals surface area contributed by atoms with Gasteiger partial charge in [0.2, 0.25) is 5.91 Å². The summed E-state index contributed by atoms with van der Waals surface area (Å²) in [5.74, 6) is -0.193. The Labute approximate surface area is 91.0 Å². The molecular formula is C9H12BrN3O. The van der Waals surface area contributed by atoms with Crippen molar-refractivity contribution in [3.05, 3.63) is 22.9 Å². The van der Waals surface area contributed by atoms with E-state index in [2.05, 4.69) is 26.2 Å². The molecule has 1 heterocycles. The van der Waals surface area contributed by atoms with Crippen molar-refractivity contribution >= 4 is 27.5 Å². The van der Waals surface area contributed by atoms with E-state index in [-0.39, 0.29) is 5.91 Å². The Morgan fingerprint density at radius 2 is 2.50 bits per heavy atom. The van der Waals surface area contributed by atoms with Gasteiger partial charge in [0.25, 0.3) is 0 Å². The second-order valence-corrected chi connectivity index (χ2v) is 3.60. The Hall–Kier alpha value is -0.940. The van der Waals surface area contributed by atoms with E-state index in [0.29, 0.717) is 16.7 Å². The van der Waals surface area contributed by atoms with Crippen LogP contribution < -0.4 is 11.1 Å². The summed E-state index contributed by atoms with van der Waals surface area (Å²) in [7, 11) is 0. The van der Waals surface area contributed by atoms with Crippen LogP contribution in [0.1, 0.15) is 13.3 Å². The average molecular weight is 258 g/mol. The lowest BCUT2D eigenvalue weighted by Crippen LogP contribution is -2.34. The number of carbonyl (C=O) groups is 1. The van der Waals surface area contributed by atoms with Crippen LogP contribution in [0.2, 0.25) is 0 Å². The average Bonchev–Trinajstić information content (AvgIpc) is 2.20. The number of nitrogens with zero attached hydrogens (tertiary/aromatic N) is 1. The third-order valence-electron chi connectivity index (χ3n) is 1.79. The number of rotatable bonds is 3. The predicted molar refractivity (Wildman–Crippen MR) is 58.8 cm³/mol. The Balaban J connectivity index is 2.70. The van der Waals surface area contributed by atoms with Gasteiger partial charge in [-0.1, -0.05) is 6.92 Å². The fourth-order valence-electron chi connectivity index (χ4n) is 0.890.